The van der Waals surface area contributed by atoms with Crippen molar-refractivity contribution in [1.29, 1.82) is 0 Å². The Morgan fingerprint density at radius 1 is 1.29 bits per heavy atom. The number of aromatic nitrogens is 5. The lowest BCUT2D eigenvalue weighted by molar-refractivity contribution is -0.120. The Hall–Kier alpha value is -3.66. The lowest BCUT2D eigenvalue weighted by atomic mass is 10.0. The van der Waals surface area contributed by atoms with Crippen molar-refractivity contribution < 1.29 is 4.79 Å². The van der Waals surface area contributed by atoms with Crippen LogP contribution in [0.3, 0.4) is 0 Å². The summed E-state index contributed by atoms with van der Waals surface area (Å²) in [6.45, 7) is 3.44. The second-order valence-electron chi connectivity index (χ2n) is 7.38. The van der Waals surface area contributed by atoms with Crippen LogP contribution in [0.5, 0.6) is 0 Å². The molecule has 1 aliphatic rings. The summed E-state index contributed by atoms with van der Waals surface area (Å²) in [5, 5.41) is 7.72. The van der Waals surface area contributed by atoms with Crippen molar-refractivity contribution in [1.82, 2.24) is 30.2 Å². The zero-order chi connectivity index (χ0) is 21.5. The molecule has 1 aromatic carbocycles. The molecule has 31 heavy (non-hydrogen) atoms. The fraction of sp³-hybridized carbons (Fsp3) is 0.250. The quantitative estimate of drug-likeness (QED) is 0.381. The van der Waals surface area contributed by atoms with E-state index in [-0.39, 0.29) is 24.4 Å². The van der Waals surface area contributed by atoms with Crippen LogP contribution >= 0.6 is 11.6 Å². The Bertz CT molecular complexity index is 1300. The van der Waals surface area contributed by atoms with Crippen LogP contribution in [0.15, 0.2) is 30.6 Å². The van der Waals surface area contributed by atoms with Gasteiger partial charge in [0.1, 0.15) is 11.3 Å². The SMILES string of the molecule is C[C@H](Nc1nc(N)nc2nc[nH]c12)c1cc2cccc(Cl)c2nc1N1CCNC(=O)C1. The number of rotatable bonds is 4. The lowest BCUT2D eigenvalue weighted by Gasteiger charge is -2.31. The van der Waals surface area contributed by atoms with Gasteiger partial charge in [-0.1, -0.05) is 23.7 Å². The van der Waals surface area contributed by atoms with E-state index in [2.05, 4.69) is 30.6 Å². The topological polar surface area (TPSA) is 138 Å². The molecule has 0 spiro atoms. The molecule has 5 N–H and O–H groups in total. The fourth-order valence-corrected chi connectivity index (χ4v) is 4.02. The molecule has 158 valence electrons. The number of imidazole rings is 1. The van der Waals surface area contributed by atoms with Gasteiger partial charge >= 0.3 is 0 Å². The van der Waals surface area contributed by atoms with Crippen molar-refractivity contribution in [2.75, 3.05) is 35.6 Å². The molecule has 0 radical (unpaired) electrons. The highest BCUT2D eigenvalue weighted by atomic mass is 35.5. The molecular formula is C20H20ClN9O. The number of amides is 1. The molecule has 1 saturated heterocycles. The number of H-pyrrole nitrogens is 1. The van der Waals surface area contributed by atoms with E-state index in [0.717, 1.165) is 10.9 Å². The molecule has 4 aromatic rings. The van der Waals surface area contributed by atoms with Gasteiger partial charge < -0.3 is 26.3 Å². The van der Waals surface area contributed by atoms with Crippen LogP contribution in [0.2, 0.25) is 5.02 Å². The third-order valence-corrected chi connectivity index (χ3v) is 5.57. The number of para-hydroxylation sites is 1. The van der Waals surface area contributed by atoms with E-state index in [9.17, 15) is 4.79 Å². The monoisotopic (exact) mass is 437 g/mol. The van der Waals surface area contributed by atoms with Crippen LogP contribution in [0, 0.1) is 0 Å². The van der Waals surface area contributed by atoms with E-state index in [0.29, 0.717) is 46.4 Å². The normalized spacial score (nSPS) is 15.3. The summed E-state index contributed by atoms with van der Waals surface area (Å²) in [4.78, 5) is 34.5. The average Bonchev–Trinajstić information content (AvgIpc) is 3.22. The van der Waals surface area contributed by atoms with Gasteiger partial charge in [0, 0.05) is 24.0 Å². The van der Waals surface area contributed by atoms with E-state index in [1.807, 2.05) is 36.1 Å². The average molecular weight is 438 g/mol. The number of carbonyl (C=O) groups is 1. The van der Waals surface area contributed by atoms with Crippen LogP contribution in [-0.4, -0.2) is 50.5 Å². The maximum Gasteiger partial charge on any atom is 0.239 e. The third kappa shape index (κ3) is 3.55. The number of nitrogens with one attached hydrogen (secondary N) is 3. The van der Waals surface area contributed by atoms with Gasteiger partial charge in [0.15, 0.2) is 11.5 Å². The standard InChI is InChI=1S/C20H20ClN9O/c1-10(26-18-16-17(25-9-24-16)28-20(22)29-18)12-7-11-3-2-4-13(21)15(11)27-19(12)30-6-5-23-14(31)8-30/h2-4,7,9-10H,5-6,8H2,1H3,(H,23,31)(H4,22,24,25,26,28,29)/t10-/m0/s1. The van der Waals surface area contributed by atoms with Crippen molar-refractivity contribution in [3.63, 3.8) is 0 Å². The second kappa shape index (κ2) is 7.55. The summed E-state index contributed by atoms with van der Waals surface area (Å²) in [6.07, 6.45) is 1.55. The first-order valence-corrected chi connectivity index (χ1v) is 10.2. The molecule has 3 aromatic heterocycles. The van der Waals surface area contributed by atoms with Gasteiger partial charge in [0.2, 0.25) is 11.9 Å². The molecule has 1 aliphatic heterocycles. The number of aromatic amines is 1. The molecule has 1 atom stereocenters. The van der Waals surface area contributed by atoms with Crippen molar-refractivity contribution in [3.8, 4) is 0 Å². The number of carbonyl (C=O) groups excluding carboxylic acids is 1. The summed E-state index contributed by atoms with van der Waals surface area (Å²) in [6, 6.07) is 7.50. The van der Waals surface area contributed by atoms with Crippen molar-refractivity contribution >= 4 is 57.2 Å². The van der Waals surface area contributed by atoms with Crippen LogP contribution in [0.1, 0.15) is 18.5 Å². The first-order valence-electron chi connectivity index (χ1n) is 9.83. The number of fused-ring (bicyclic) bond motifs is 2. The zero-order valence-electron chi connectivity index (χ0n) is 16.7. The van der Waals surface area contributed by atoms with Gasteiger partial charge in [-0.2, -0.15) is 9.97 Å². The Morgan fingerprint density at radius 2 is 2.16 bits per heavy atom. The molecule has 0 unspecified atom stereocenters. The molecule has 10 nitrogen and oxygen atoms in total. The van der Waals surface area contributed by atoms with Gasteiger partial charge in [-0.3, -0.25) is 4.79 Å². The second-order valence-corrected chi connectivity index (χ2v) is 7.79. The van der Waals surface area contributed by atoms with Gasteiger partial charge in [-0.15, -0.1) is 0 Å². The summed E-state index contributed by atoms with van der Waals surface area (Å²) in [5.41, 5.74) is 8.61. The number of halogens is 1. The van der Waals surface area contributed by atoms with Crippen LogP contribution in [0.4, 0.5) is 17.6 Å². The van der Waals surface area contributed by atoms with Crippen LogP contribution in [-0.2, 0) is 4.79 Å². The number of nitrogen functional groups attached to an aromatic ring is 1. The number of hydrogen-bond acceptors (Lipinski definition) is 8. The summed E-state index contributed by atoms with van der Waals surface area (Å²) >= 11 is 6.41. The Balaban J connectivity index is 1.60. The number of benzene rings is 1. The van der Waals surface area contributed by atoms with Crippen molar-refractivity contribution in [2.24, 2.45) is 0 Å². The predicted molar refractivity (Wildman–Crippen MR) is 120 cm³/mol. The molecule has 0 aliphatic carbocycles. The van der Waals surface area contributed by atoms with Crippen molar-refractivity contribution in [3.05, 3.63) is 41.2 Å². The van der Waals surface area contributed by atoms with E-state index >= 15 is 0 Å². The molecule has 0 saturated carbocycles. The smallest absolute Gasteiger partial charge is 0.239 e. The minimum atomic E-state index is -0.211. The van der Waals surface area contributed by atoms with Gasteiger partial charge in [-0.05, 0) is 19.1 Å². The number of piperazine rings is 1. The molecule has 0 bridgehead atoms. The molecular weight excluding hydrogens is 418 g/mol. The predicted octanol–water partition coefficient (Wildman–Crippen LogP) is 2.25. The van der Waals surface area contributed by atoms with Gasteiger partial charge in [0.05, 0.1) is 29.5 Å². The zero-order valence-corrected chi connectivity index (χ0v) is 17.4. The minimum Gasteiger partial charge on any atom is -0.368 e. The maximum atomic E-state index is 12.0. The lowest BCUT2D eigenvalue weighted by Crippen LogP contribution is -2.48. The van der Waals surface area contributed by atoms with Crippen LogP contribution in [0.25, 0.3) is 22.1 Å². The fourth-order valence-electron chi connectivity index (χ4n) is 3.80. The van der Waals surface area contributed by atoms with Crippen molar-refractivity contribution in [2.45, 2.75) is 13.0 Å². The molecule has 5 rings (SSSR count). The molecule has 1 amide bonds. The first-order chi connectivity index (χ1) is 15.0. The van der Waals surface area contributed by atoms with Gasteiger partial charge in [0.25, 0.3) is 0 Å². The van der Waals surface area contributed by atoms with E-state index in [1.54, 1.807) is 6.33 Å². The van der Waals surface area contributed by atoms with E-state index < -0.39 is 0 Å². The number of anilines is 3. The highest BCUT2D eigenvalue weighted by molar-refractivity contribution is 6.35. The summed E-state index contributed by atoms with van der Waals surface area (Å²) < 4.78 is 0. The Kier molecular flexibility index (Phi) is 4.70. The van der Waals surface area contributed by atoms with E-state index in [1.165, 1.54) is 0 Å². The number of nitrogens with zero attached hydrogens (tertiary/aromatic N) is 5. The number of nitrogens with two attached hydrogens (primary N) is 1. The Morgan fingerprint density at radius 3 is 3.00 bits per heavy atom. The highest BCUT2D eigenvalue weighted by Gasteiger charge is 2.24. The molecule has 1 fully saturated rings. The van der Waals surface area contributed by atoms with E-state index in [4.69, 9.17) is 22.3 Å². The largest absolute Gasteiger partial charge is 0.368 e. The maximum absolute atomic E-state index is 12.0. The molecule has 11 heteroatoms. The van der Waals surface area contributed by atoms with Gasteiger partial charge in [-0.25, -0.2) is 9.97 Å². The van der Waals surface area contributed by atoms with Crippen LogP contribution < -0.4 is 21.3 Å². The first kappa shape index (κ1) is 19.3. The Labute approximate surface area is 182 Å². The molecule has 4 heterocycles. The summed E-state index contributed by atoms with van der Waals surface area (Å²) in [5.74, 6) is 1.34. The number of hydrogen-bond donors (Lipinski definition) is 4. The number of pyridine rings is 1. The summed E-state index contributed by atoms with van der Waals surface area (Å²) in [7, 11) is 0. The highest BCUT2D eigenvalue weighted by Crippen LogP contribution is 2.33. The third-order valence-electron chi connectivity index (χ3n) is 5.27. The minimum absolute atomic E-state index is 0.0402.